The molecule has 1 aliphatic rings. The number of sulfonamides is 1. The van der Waals surface area contributed by atoms with Crippen molar-refractivity contribution in [2.75, 3.05) is 39.8 Å². The largest absolute Gasteiger partial charge is 0.497 e. The average molecular weight is 480 g/mol. The standard InChI is InChI=1S/C26H29N3O4S/c1-33-23-12-14-24(15-13-23)34(31,32)27-20-25(30)28-16-18-29(19-17-28)26(21-8-4-2-5-9-21)22-10-6-3-7-11-22/h2-15,26-27H,16-20H2,1H3. The summed E-state index contributed by atoms with van der Waals surface area (Å²) in [5.74, 6) is 0.338. The van der Waals surface area contributed by atoms with Crippen LogP contribution < -0.4 is 9.46 Å². The van der Waals surface area contributed by atoms with Gasteiger partial charge in [0.2, 0.25) is 15.9 Å². The quantitative estimate of drug-likeness (QED) is 0.538. The predicted octanol–water partition coefficient (Wildman–Crippen LogP) is 2.91. The number of carbonyl (C=O) groups excluding carboxylic acids is 1. The van der Waals surface area contributed by atoms with Gasteiger partial charge in [-0.2, -0.15) is 0 Å². The van der Waals surface area contributed by atoms with Crippen molar-refractivity contribution >= 4 is 15.9 Å². The van der Waals surface area contributed by atoms with Gasteiger partial charge in [-0.05, 0) is 35.4 Å². The zero-order chi connectivity index (χ0) is 24.0. The Kier molecular flexibility index (Phi) is 7.62. The number of ether oxygens (including phenoxy) is 1. The van der Waals surface area contributed by atoms with Gasteiger partial charge in [-0.25, -0.2) is 13.1 Å². The molecule has 1 saturated heterocycles. The first-order valence-electron chi connectivity index (χ1n) is 11.2. The van der Waals surface area contributed by atoms with Gasteiger partial charge >= 0.3 is 0 Å². The maximum absolute atomic E-state index is 12.8. The lowest BCUT2D eigenvalue weighted by molar-refractivity contribution is -0.131. The second-order valence-electron chi connectivity index (χ2n) is 8.14. The van der Waals surface area contributed by atoms with E-state index in [-0.39, 0.29) is 23.4 Å². The molecular formula is C26H29N3O4S. The molecule has 1 heterocycles. The average Bonchev–Trinajstić information content (AvgIpc) is 2.89. The van der Waals surface area contributed by atoms with Gasteiger partial charge in [0, 0.05) is 26.2 Å². The summed E-state index contributed by atoms with van der Waals surface area (Å²) in [6.45, 7) is 2.21. The maximum Gasteiger partial charge on any atom is 0.241 e. The monoisotopic (exact) mass is 479 g/mol. The van der Waals surface area contributed by atoms with Crippen molar-refractivity contribution in [2.24, 2.45) is 0 Å². The molecule has 1 fully saturated rings. The SMILES string of the molecule is COc1ccc(S(=O)(=O)NCC(=O)N2CCN(C(c3ccccc3)c3ccccc3)CC2)cc1. The molecule has 0 unspecified atom stereocenters. The molecule has 0 radical (unpaired) electrons. The summed E-state index contributed by atoms with van der Waals surface area (Å²) in [5, 5.41) is 0. The molecule has 4 rings (SSSR count). The summed E-state index contributed by atoms with van der Waals surface area (Å²) < 4.78 is 32.6. The van der Waals surface area contributed by atoms with E-state index in [1.807, 2.05) is 36.4 Å². The highest BCUT2D eigenvalue weighted by Gasteiger charge is 2.28. The molecule has 1 amide bonds. The fourth-order valence-electron chi connectivity index (χ4n) is 4.22. The third kappa shape index (κ3) is 5.64. The third-order valence-electron chi connectivity index (χ3n) is 6.05. The van der Waals surface area contributed by atoms with Crippen molar-refractivity contribution in [1.29, 1.82) is 0 Å². The number of amides is 1. The Balaban J connectivity index is 1.37. The lowest BCUT2D eigenvalue weighted by atomic mass is 9.96. The van der Waals surface area contributed by atoms with Crippen molar-refractivity contribution in [1.82, 2.24) is 14.5 Å². The smallest absolute Gasteiger partial charge is 0.241 e. The maximum atomic E-state index is 12.8. The summed E-state index contributed by atoms with van der Waals surface area (Å²) in [4.78, 5) is 16.9. The molecule has 3 aromatic carbocycles. The molecule has 0 atom stereocenters. The van der Waals surface area contributed by atoms with Gasteiger partial charge in [0.15, 0.2) is 0 Å². The number of benzene rings is 3. The molecular weight excluding hydrogens is 450 g/mol. The van der Waals surface area contributed by atoms with E-state index in [0.29, 0.717) is 31.9 Å². The number of hydrogen-bond donors (Lipinski definition) is 1. The van der Waals surface area contributed by atoms with E-state index in [1.165, 1.54) is 30.4 Å². The van der Waals surface area contributed by atoms with Crippen LogP contribution in [-0.4, -0.2) is 64.0 Å². The Morgan fingerprint density at radius 3 is 1.88 bits per heavy atom. The molecule has 34 heavy (non-hydrogen) atoms. The van der Waals surface area contributed by atoms with Crippen LogP contribution in [0.1, 0.15) is 17.2 Å². The zero-order valence-corrected chi connectivity index (χ0v) is 19.9. The van der Waals surface area contributed by atoms with Gasteiger partial charge in [0.25, 0.3) is 0 Å². The summed E-state index contributed by atoms with van der Waals surface area (Å²) in [5.41, 5.74) is 2.42. The van der Waals surface area contributed by atoms with Crippen molar-refractivity contribution < 1.29 is 17.9 Å². The predicted molar refractivity (Wildman–Crippen MR) is 131 cm³/mol. The molecule has 0 saturated carbocycles. The molecule has 8 heteroatoms. The van der Waals surface area contributed by atoms with E-state index in [0.717, 1.165) is 0 Å². The first-order chi connectivity index (χ1) is 16.5. The topological polar surface area (TPSA) is 78.9 Å². The van der Waals surface area contributed by atoms with Crippen LogP contribution in [0.25, 0.3) is 0 Å². The fourth-order valence-corrected chi connectivity index (χ4v) is 5.20. The Bertz CT molecular complexity index is 1140. The van der Waals surface area contributed by atoms with Crippen LogP contribution in [0.2, 0.25) is 0 Å². The Morgan fingerprint density at radius 1 is 0.853 bits per heavy atom. The van der Waals surface area contributed by atoms with E-state index in [1.54, 1.807) is 17.0 Å². The van der Waals surface area contributed by atoms with Crippen LogP contribution >= 0.6 is 0 Å². The number of methoxy groups -OCH3 is 1. The minimum atomic E-state index is -3.78. The van der Waals surface area contributed by atoms with Crippen LogP contribution in [0.15, 0.2) is 89.8 Å². The van der Waals surface area contributed by atoms with E-state index in [4.69, 9.17) is 4.74 Å². The summed E-state index contributed by atoms with van der Waals surface area (Å²) in [6.07, 6.45) is 0. The minimum absolute atomic E-state index is 0.0967. The molecule has 1 aliphatic heterocycles. The van der Waals surface area contributed by atoms with Crippen LogP contribution in [0.3, 0.4) is 0 Å². The Hall–Kier alpha value is -3.20. The fraction of sp³-hybridized carbons (Fsp3) is 0.269. The Morgan fingerprint density at radius 2 is 1.38 bits per heavy atom. The zero-order valence-electron chi connectivity index (χ0n) is 19.1. The first-order valence-corrected chi connectivity index (χ1v) is 12.7. The van der Waals surface area contributed by atoms with E-state index in [9.17, 15) is 13.2 Å². The molecule has 0 aliphatic carbocycles. The van der Waals surface area contributed by atoms with Crippen molar-refractivity contribution in [3.05, 3.63) is 96.1 Å². The molecule has 0 spiro atoms. The van der Waals surface area contributed by atoms with Crippen molar-refractivity contribution in [2.45, 2.75) is 10.9 Å². The number of rotatable bonds is 8. The second kappa shape index (κ2) is 10.8. The number of carbonyl (C=O) groups is 1. The minimum Gasteiger partial charge on any atom is -0.497 e. The van der Waals surface area contributed by atoms with E-state index < -0.39 is 10.0 Å². The van der Waals surface area contributed by atoms with Gasteiger partial charge in [-0.3, -0.25) is 9.69 Å². The molecule has 3 aromatic rings. The molecule has 7 nitrogen and oxygen atoms in total. The number of nitrogens with one attached hydrogen (secondary N) is 1. The van der Waals surface area contributed by atoms with Crippen LogP contribution in [0.5, 0.6) is 5.75 Å². The van der Waals surface area contributed by atoms with Gasteiger partial charge in [0.1, 0.15) is 5.75 Å². The lowest BCUT2D eigenvalue weighted by Crippen LogP contribution is -2.52. The number of piperazine rings is 1. The van der Waals surface area contributed by atoms with Crippen LogP contribution in [-0.2, 0) is 14.8 Å². The molecule has 0 bridgehead atoms. The van der Waals surface area contributed by atoms with E-state index in [2.05, 4.69) is 33.9 Å². The highest BCUT2D eigenvalue weighted by molar-refractivity contribution is 7.89. The highest BCUT2D eigenvalue weighted by Crippen LogP contribution is 2.29. The summed E-state index contributed by atoms with van der Waals surface area (Å²) >= 11 is 0. The van der Waals surface area contributed by atoms with Gasteiger partial charge in [0.05, 0.1) is 24.6 Å². The van der Waals surface area contributed by atoms with Gasteiger partial charge < -0.3 is 9.64 Å². The normalized spacial score (nSPS) is 14.8. The molecule has 1 N–H and O–H groups in total. The first kappa shape index (κ1) is 23.9. The van der Waals surface area contributed by atoms with Crippen LogP contribution in [0, 0.1) is 0 Å². The lowest BCUT2D eigenvalue weighted by Gasteiger charge is -2.39. The van der Waals surface area contributed by atoms with Crippen molar-refractivity contribution in [3.8, 4) is 5.75 Å². The second-order valence-corrected chi connectivity index (χ2v) is 9.91. The van der Waals surface area contributed by atoms with E-state index >= 15 is 0 Å². The third-order valence-corrected chi connectivity index (χ3v) is 7.46. The number of nitrogens with zero attached hydrogens (tertiary/aromatic N) is 2. The number of hydrogen-bond acceptors (Lipinski definition) is 5. The molecule has 0 aromatic heterocycles. The van der Waals surface area contributed by atoms with Crippen LogP contribution in [0.4, 0.5) is 0 Å². The van der Waals surface area contributed by atoms with Crippen molar-refractivity contribution in [3.63, 3.8) is 0 Å². The van der Waals surface area contributed by atoms with Gasteiger partial charge in [-0.1, -0.05) is 60.7 Å². The summed E-state index contributed by atoms with van der Waals surface area (Å²) in [6, 6.07) is 26.9. The van der Waals surface area contributed by atoms with Gasteiger partial charge in [-0.15, -0.1) is 0 Å². The highest BCUT2D eigenvalue weighted by atomic mass is 32.2. The Labute approximate surface area is 201 Å². The molecule has 178 valence electrons. The summed E-state index contributed by atoms with van der Waals surface area (Å²) in [7, 11) is -2.26.